The summed E-state index contributed by atoms with van der Waals surface area (Å²) >= 11 is 0. The first-order valence-corrected chi connectivity index (χ1v) is 2.24. The van der Waals surface area contributed by atoms with Crippen molar-refractivity contribution < 1.29 is 9.18 Å². The van der Waals surface area contributed by atoms with E-state index in [0.29, 0.717) is 6.54 Å². The van der Waals surface area contributed by atoms with Gasteiger partial charge >= 0.3 is 0 Å². The molecule has 0 aromatic heterocycles. The van der Waals surface area contributed by atoms with Crippen LogP contribution >= 0.6 is 0 Å². The molecule has 0 aromatic carbocycles. The molecule has 3 heteroatoms. The summed E-state index contributed by atoms with van der Waals surface area (Å²) < 4.78 is 11.3. The lowest BCUT2D eigenvalue weighted by molar-refractivity contribution is -0.121. The zero-order valence-corrected chi connectivity index (χ0v) is 4.48. The summed E-state index contributed by atoms with van der Waals surface area (Å²) in [5, 5.41) is 2.25. The van der Waals surface area contributed by atoms with Crippen molar-refractivity contribution in [3.05, 3.63) is 12.7 Å². The van der Waals surface area contributed by atoms with Crippen LogP contribution in [-0.4, -0.2) is 19.1 Å². The molecule has 0 unspecified atom stereocenters. The highest BCUT2D eigenvalue weighted by Crippen LogP contribution is 1.67. The Morgan fingerprint density at radius 3 is 2.88 bits per heavy atom. The lowest BCUT2D eigenvalue weighted by Gasteiger charge is -1.93. The molecule has 0 heterocycles. The number of alkyl halides is 1. The highest BCUT2D eigenvalue weighted by Gasteiger charge is 1.92. The van der Waals surface area contributed by atoms with Crippen molar-refractivity contribution in [3.8, 4) is 0 Å². The first-order valence-electron chi connectivity index (χ1n) is 2.24. The summed E-state index contributed by atoms with van der Waals surface area (Å²) in [6.07, 6.45) is 1.49. The van der Waals surface area contributed by atoms with Crippen molar-refractivity contribution in [1.29, 1.82) is 0 Å². The van der Waals surface area contributed by atoms with Crippen LogP contribution in [0, 0.1) is 0 Å². The van der Waals surface area contributed by atoms with Crippen molar-refractivity contribution in [1.82, 2.24) is 5.32 Å². The van der Waals surface area contributed by atoms with E-state index >= 15 is 0 Å². The number of hydrogen-bond acceptors (Lipinski definition) is 1. The summed E-state index contributed by atoms with van der Waals surface area (Å²) in [5.41, 5.74) is 0. The number of amides is 1. The molecule has 0 rings (SSSR count). The van der Waals surface area contributed by atoms with Gasteiger partial charge in [0.2, 0.25) is 0 Å². The Hall–Kier alpha value is -0.860. The molecule has 0 radical (unpaired) electrons. The van der Waals surface area contributed by atoms with Gasteiger partial charge in [-0.05, 0) is 0 Å². The van der Waals surface area contributed by atoms with Gasteiger partial charge in [-0.25, -0.2) is 4.39 Å². The van der Waals surface area contributed by atoms with E-state index in [0.717, 1.165) is 0 Å². The molecular weight excluding hydrogens is 109 g/mol. The second kappa shape index (κ2) is 4.30. The van der Waals surface area contributed by atoms with Crippen LogP contribution in [0.3, 0.4) is 0 Å². The largest absolute Gasteiger partial charge is 0.350 e. The van der Waals surface area contributed by atoms with E-state index < -0.39 is 12.6 Å². The third kappa shape index (κ3) is 3.33. The summed E-state index contributed by atoms with van der Waals surface area (Å²) in [7, 11) is 0. The van der Waals surface area contributed by atoms with Crippen LogP contribution in [0.2, 0.25) is 0 Å². The summed E-state index contributed by atoms with van der Waals surface area (Å²) in [6, 6.07) is 0. The molecule has 0 aliphatic rings. The molecule has 2 nitrogen and oxygen atoms in total. The van der Waals surface area contributed by atoms with E-state index in [1.165, 1.54) is 6.08 Å². The first-order chi connectivity index (χ1) is 3.81. The maximum Gasteiger partial charge on any atom is 0.251 e. The Morgan fingerprint density at radius 2 is 2.50 bits per heavy atom. The van der Waals surface area contributed by atoms with Crippen molar-refractivity contribution in [3.63, 3.8) is 0 Å². The fraction of sp³-hybridized carbons (Fsp3) is 0.400. The SMILES string of the molecule is C=CCNC(=O)CF. The Bertz CT molecular complexity index is 92.4. The molecule has 1 N–H and O–H groups in total. The van der Waals surface area contributed by atoms with Crippen molar-refractivity contribution >= 4 is 5.91 Å². The van der Waals surface area contributed by atoms with Crippen molar-refractivity contribution in [2.24, 2.45) is 0 Å². The van der Waals surface area contributed by atoms with Crippen molar-refractivity contribution in [2.75, 3.05) is 13.2 Å². The molecule has 0 aliphatic heterocycles. The number of carbonyl (C=O) groups excluding carboxylic acids is 1. The third-order valence-electron chi connectivity index (χ3n) is 0.565. The molecule has 0 fully saturated rings. The van der Waals surface area contributed by atoms with Crippen LogP contribution in [0.1, 0.15) is 0 Å². The van der Waals surface area contributed by atoms with Crippen LogP contribution in [0.25, 0.3) is 0 Å². The smallest absolute Gasteiger partial charge is 0.251 e. The maximum absolute atomic E-state index is 11.3. The van der Waals surface area contributed by atoms with Crippen LogP contribution in [0.5, 0.6) is 0 Å². The Kier molecular flexibility index (Phi) is 3.84. The van der Waals surface area contributed by atoms with Crippen LogP contribution < -0.4 is 5.32 Å². The van der Waals surface area contributed by atoms with Crippen LogP contribution in [0.4, 0.5) is 4.39 Å². The Labute approximate surface area is 47.4 Å². The average Bonchev–Trinajstić information content (AvgIpc) is 1.83. The quantitative estimate of drug-likeness (QED) is 0.528. The minimum atomic E-state index is -0.951. The molecule has 8 heavy (non-hydrogen) atoms. The highest BCUT2D eigenvalue weighted by molar-refractivity contribution is 5.77. The Morgan fingerprint density at radius 1 is 1.88 bits per heavy atom. The number of carbonyl (C=O) groups is 1. The van der Waals surface area contributed by atoms with Gasteiger partial charge in [0, 0.05) is 6.54 Å². The molecule has 0 saturated carbocycles. The second-order valence-corrected chi connectivity index (χ2v) is 1.23. The molecule has 0 spiro atoms. The van der Waals surface area contributed by atoms with E-state index in [1.807, 2.05) is 0 Å². The van der Waals surface area contributed by atoms with Gasteiger partial charge in [0.15, 0.2) is 6.67 Å². The normalized spacial score (nSPS) is 8.12. The van der Waals surface area contributed by atoms with E-state index in [1.54, 1.807) is 0 Å². The third-order valence-corrected chi connectivity index (χ3v) is 0.565. The molecule has 46 valence electrons. The standard InChI is InChI=1S/C5H8FNO/c1-2-3-7-5(8)4-6/h2H,1,3-4H2,(H,7,8). The van der Waals surface area contributed by atoms with Gasteiger partial charge in [0.25, 0.3) is 5.91 Å². The van der Waals surface area contributed by atoms with Crippen molar-refractivity contribution in [2.45, 2.75) is 0 Å². The zero-order valence-electron chi connectivity index (χ0n) is 4.48. The van der Waals surface area contributed by atoms with Crippen LogP contribution in [-0.2, 0) is 4.79 Å². The number of halogens is 1. The van der Waals surface area contributed by atoms with Crippen LogP contribution in [0.15, 0.2) is 12.7 Å². The van der Waals surface area contributed by atoms with Gasteiger partial charge < -0.3 is 5.32 Å². The fourth-order valence-electron chi connectivity index (χ4n) is 0.233. The molecule has 0 aromatic rings. The summed E-state index contributed by atoms with van der Waals surface area (Å²) in [5.74, 6) is -0.593. The van der Waals surface area contributed by atoms with E-state index in [4.69, 9.17) is 0 Å². The van der Waals surface area contributed by atoms with E-state index in [-0.39, 0.29) is 0 Å². The maximum atomic E-state index is 11.3. The molecular formula is C5H8FNO. The summed E-state index contributed by atoms with van der Waals surface area (Å²) in [6.45, 7) is 2.72. The fourth-order valence-corrected chi connectivity index (χ4v) is 0.233. The van der Waals surface area contributed by atoms with Gasteiger partial charge in [0.1, 0.15) is 0 Å². The summed E-state index contributed by atoms with van der Waals surface area (Å²) in [4.78, 5) is 10.0. The predicted molar refractivity (Wildman–Crippen MR) is 29.2 cm³/mol. The number of nitrogens with one attached hydrogen (secondary N) is 1. The number of hydrogen-bond donors (Lipinski definition) is 1. The predicted octanol–water partition coefficient (Wildman–Crippen LogP) is 0.258. The minimum Gasteiger partial charge on any atom is -0.350 e. The van der Waals surface area contributed by atoms with E-state index in [2.05, 4.69) is 11.9 Å². The Balaban J connectivity index is 3.11. The van der Waals surface area contributed by atoms with Gasteiger partial charge in [-0.3, -0.25) is 4.79 Å². The molecule has 0 bridgehead atoms. The highest BCUT2D eigenvalue weighted by atomic mass is 19.1. The molecule has 0 aliphatic carbocycles. The first kappa shape index (κ1) is 7.14. The van der Waals surface area contributed by atoms with Gasteiger partial charge in [-0.2, -0.15) is 0 Å². The molecule has 0 saturated heterocycles. The zero-order chi connectivity index (χ0) is 6.41. The minimum absolute atomic E-state index is 0.336. The topological polar surface area (TPSA) is 29.1 Å². The lowest BCUT2D eigenvalue weighted by atomic mass is 10.6. The monoisotopic (exact) mass is 117 g/mol. The number of rotatable bonds is 3. The van der Waals surface area contributed by atoms with E-state index in [9.17, 15) is 9.18 Å². The van der Waals surface area contributed by atoms with Gasteiger partial charge in [-0.1, -0.05) is 6.08 Å². The van der Waals surface area contributed by atoms with Gasteiger partial charge in [-0.15, -0.1) is 6.58 Å². The average molecular weight is 117 g/mol. The molecule has 0 atom stereocenters. The second-order valence-electron chi connectivity index (χ2n) is 1.23. The van der Waals surface area contributed by atoms with Gasteiger partial charge in [0.05, 0.1) is 0 Å². The molecule has 1 amide bonds. The lowest BCUT2D eigenvalue weighted by Crippen LogP contribution is -2.24.